The Balaban J connectivity index is 1.79. The van der Waals surface area contributed by atoms with Gasteiger partial charge >= 0.3 is 0 Å². The molecule has 0 aromatic carbocycles. The quantitative estimate of drug-likeness (QED) is 0.698. The highest BCUT2D eigenvalue weighted by Crippen LogP contribution is 2.46. The summed E-state index contributed by atoms with van der Waals surface area (Å²) >= 11 is 0. The maximum atomic E-state index is 3.41. The molecule has 1 N–H and O–H groups in total. The van der Waals surface area contributed by atoms with E-state index in [0.717, 1.165) is 6.04 Å². The predicted octanol–water partition coefficient (Wildman–Crippen LogP) is 5.08. The number of hydrogen-bond acceptors (Lipinski definition) is 1. The predicted molar refractivity (Wildman–Crippen MR) is 91.3 cm³/mol. The summed E-state index contributed by atoms with van der Waals surface area (Å²) in [5.41, 5.74) is 6.73. The third-order valence-corrected chi connectivity index (χ3v) is 5.72. The van der Waals surface area contributed by atoms with Crippen LogP contribution >= 0.6 is 0 Å². The van der Waals surface area contributed by atoms with Crippen molar-refractivity contribution in [3.63, 3.8) is 0 Å². The monoisotopic (exact) mass is 283 g/mol. The van der Waals surface area contributed by atoms with E-state index >= 15 is 0 Å². The minimum Gasteiger partial charge on any atom is -0.311 e. The number of hydrogen-bond donors (Lipinski definition) is 1. The van der Waals surface area contributed by atoms with Gasteiger partial charge in [-0.05, 0) is 45.4 Å². The molecule has 2 aliphatic carbocycles. The van der Waals surface area contributed by atoms with Crippen LogP contribution in [0, 0.1) is 5.41 Å². The Morgan fingerprint density at radius 1 is 1.05 bits per heavy atom. The molecule has 1 heteroatoms. The van der Waals surface area contributed by atoms with Crippen LogP contribution in [-0.2, 0) is 0 Å². The minimum absolute atomic E-state index is 0.275. The van der Waals surface area contributed by atoms with E-state index < -0.39 is 0 Å². The number of rotatable bonds is 5. The molecule has 0 amide bonds. The van der Waals surface area contributed by atoms with Gasteiger partial charge in [-0.2, -0.15) is 0 Å². The molecule has 2 atom stereocenters. The third kappa shape index (κ3) is 3.23. The van der Waals surface area contributed by atoms with Gasteiger partial charge in [0.05, 0.1) is 0 Å². The molecule has 0 saturated carbocycles. The van der Waals surface area contributed by atoms with E-state index in [2.05, 4.69) is 50.4 Å². The van der Waals surface area contributed by atoms with E-state index in [0.29, 0.717) is 0 Å². The summed E-state index contributed by atoms with van der Waals surface area (Å²) < 4.78 is 0. The van der Waals surface area contributed by atoms with Gasteiger partial charge in [0.2, 0.25) is 0 Å². The van der Waals surface area contributed by atoms with Crippen molar-refractivity contribution in [3.05, 3.63) is 46.6 Å². The summed E-state index contributed by atoms with van der Waals surface area (Å²) in [5.74, 6) is 0. The topological polar surface area (TPSA) is 21.9 Å². The first-order valence-electron chi connectivity index (χ1n) is 8.61. The Labute approximate surface area is 129 Å². The molecule has 3 rings (SSSR count). The minimum atomic E-state index is 0.275. The lowest BCUT2D eigenvalue weighted by Crippen LogP contribution is -2.23. The van der Waals surface area contributed by atoms with Crippen molar-refractivity contribution < 1.29 is 0 Å². The highest BCUT2D eigenvalue weighted by atomic mass is 15.1. The zero-order chi connectivity index (χ0) is 14.9. The summed E-state index contributed by atoms with van der Waals surface area (Å²) in [6.07, 6.45) is 17.1. The molecule has 0 spiro atoms. The molecule has 0 aromatic rings. The van der Waals surface area contributed by atoms with E-state index in [4.69, 9.17) is 0 Å². The summed E-state index contributed by atoms with van der Waals surface area (Å²) in [6.45, 7) is 8.27. The Hall–Kier alpha value is -1.08. The molecule has 1 saturated heterocycles. The van der Waals surface area contributed by atoms with Crippen molar-refractivity contribution in [3.8, 4) is 0 Å². The second-order valence-electron chi connectivity index (χ2n) is 7.22. The molecule has 1 heterocycles. The summed E-state index contributed by atoms with van der Waals surface area (Å²) in [5, 5.41) is 3.41. The molecule has 0 radical (unpaired) electrons. The summed E-state index contributed by atoms with van der Waals surface area (Å²) in [4.78, 5) is 0. The van der Waals surface area contributed by atoms with Crippen LogP contribution in [0.15, 0.2) is 46.6 Å². The molecule has 1 fully saturated rings. The summed E-state index contributed by atoms with van der Waals surface area (Å²) in [7, 11) is 0. The second-order valence-corrected chi connectivity index (χ2v) is 7.22. The van der Waals surface area contributed by atoms with Crippen molar-refractivity contribution in [2.75, 3.05) is 6.54 Å². The van der Waals surface area contributed by atoms with Gasteiger partial charge in [-0.25, -0.2) is 0 Å². The van der Waals surface area contributed by atoms with E-state index in [1.165, 1.54) is 50.6 Å². The van der Waals surface area contributed by atoms with Crippen molar-refractivity contribution in [2.24, 2.45) is 5.41 Å². The number of nitrogens with one attached hydrogen (secondary N) is 1. The first-order valence-corrected chi connectivity index (χ1v) is 8.61. The van der Waals surface area contributed by atoms with E-state index in [1.54, 1.807) is 16.7 Å². The number of allylic oxidation sites excluding steroid dienone is 7. The van der Waals surface area contributed by atoms with E-state index in [-0.39, 0.29) is 5.41 Å². The lowest BCUT2D eigenvalue weighted by atomic mass is 9.68. The Bertz CT molecular complexity index is 528. The van der Waals surface area contributed by atoms with Gasteiger partial charge in [-0.3, -0.25) is 0 Å². The average Bonchev–Trinajstić information content (AvgIpc) is 3.32. The SMILES string of the molecule is CCC(C)(C1=CC=C(C)CC1)C1=CC=C(CC2CN2)CC1. The van der Waals surface area contributed by atoms with E-state index in [9.17, 15) is 0 Å². The zero-order valence-electron chi connectivity index (χ0n) is 13.8. The van der Waals surface area contributed by atoms with Crippen LogP contribution in [0.1, 0.15) is 59.3 Å². The maximum absolute atomic E-state index is 3.41. The third-order valence-electron chi connectivity index (χ3n) is 5.72. The molecule has 1 nitrogen and oxygen atoms in total. The van der Waals surface area contributed by atoms with Gasteiger partial charge in [0, 0.05) is 18.0 Å². The molecule has 0 aromatic heterocycles. The second kappa shape index (κ2) is 5.96. The lowest BCUT2D eigenvalue weighted by molar-refractivity contribution is 0.424. The van der Waals surface area contributed by atoms with Gasteiger partial charge in [0.15, 0.2) is 0 Å². The fraction of sp³-hybridized carbons (Fsp3) is 0.600. The smallest absolute Gasteiger partial charge is 0.0230 e. The molecule has 3 aliphatic rings. The van der Waals surface area contributed by atoms with Crippen molar-refractivity contribution >= 4 is 0 Å². The average molecular weight is 283 g/mol. The molecule has 0 bridgehead atoms. The molecular formula is C20H29N. The van der Waals surface area contributed by atoms with Crippen molar-refractivity contribution in [1.82, 2.24) is 5.32 Å². The Morgan fingerprint density at radius 3 is 2.19 bits per heavy atom. The Morgan fingerprint density at radius 2 is 1.71 bits per heavy atom. The Kier molecular flexibility index (Phi) is 4.21. The van der Waals surface area contributed by atoms with Crippen LogP contribution in [0.2, 0.25) is 0 Å². The van der Waals surface area contributed by atoms with Crippen molar-refractivity contribution in [1.29, 1.82) is 0 Å². The van der Waals surface area contributed by atoms with Crippen LogP contribution in [-0.4, -0.2) is 12.6 Å². The lowest BCUT2D eigenvalue weighted by Gasteiger charge is -2.37. The largest absolute Gasteiger partial charge is 0.311 e. The molecule has 1 aliphatic heterocycles. The maximum Gasteiger partial charge on any atom is 0.0230 e. The van der Waals surface area contributed by atoms with Gasteiger partial charge in [-0.15, -0.1) is 0 Å². The molecule has 114 valence electrons. The van der Waals surface area contributed by atoms with Crippen LogP contribution in [0.25, 0.3) is 0 Å². The fourth-order valence-electron chi connectivity index (χ4n) is 3.72. The first kappa shape index (κ1) is 14.8. The standard InChI is InChI=1S/C20H29N/c1-4-20(3,17-9-5-15(2)6-10-17)18-11-7-16(8-12-18)13-19-14-21-19/h5,7,9,11,19,21H,4,6,8,10,12-14H2,1-3H3. The highest BCUT2D eigenvalue weighted by molar-refractivity contribution is 5.38. The fourth-order valence-corrected chi connectivity index (χ4v) is 3.72. The zero-order valence-corrected chi connectivity index (χ0v) is 13.8. The molecule has 21 heavy (non-hydrogen) atoms. The molecule has 2 unspecified atom stereocenters. The first-order chi connectivity index (χ1) is 10.1. The molecular weight excluding hydrogens is 254 g/mol. The highest BCUT2D eigenvalue weighted by Gasteiger charge is 2.32. The van der Waals surface area contributed by atoms with Gasteiger partial charge in [-0.1, -0.05) is 60.4 Å². The van der Waals surface area contributed by atoms with Crippen LogP contribution < -0.4 is 5.32 Å². The van der Waals surface area contributed by atoms with Crippen LogP contribution in [0.3, 0.4) is 0 Å². The van der Waals surface area contributed by atoms with Gasteiger partial charge < -0.3 is 5.32 Å². The van der Waals surface area contributed by atoms with Gasteiger partial charge in [0.1, 0.15) is 0 Å². The van der Waals surface area contributed by atoms with Crippen LogP contribution in [0.5, 0.6) is 0 Å². The van der Waals surface area contributed by atoms with Crippen molar-refractivity contribution in [2.45, 2.75) is 65.3 Å². The van der Waals surface area contributed by atoms with Gasteiger partial charge in [0.25, 0.3) is 0 Å². The van der Waals surface area contributed by atoms with Crippen LogP contribution in [0.4, 0.5) is 0 Å². The van der Waals surface area contributed by atoms with E-state index in [1.807, 2.05) is 0 Å². The normalized spacial score (nSPS) is 28.0. The summed E-state index contributed by atoms with van der Waals surface area (Å²) in [6, 6.07) is 0.776.